The fourth-order valence-corrected chi connectivity index (χ4v) is 1.61. The number of hydrogen-bond donors (Lipinski definition) is 1. The number of rotatable bonds is 14. The van der Waals surface area contributed by atoms with Crippen LogP contribution in [0, 0.1) is 0 Å². The van der Waals surface area contributed by atoms with Crippen LogP contribution < -0.4 is 5.32 Å². The van der Waals surface area contributed by atoms with E-state index in [0.717, 1.165) is 19.3 Å². The molecule has 0 aromatic rings. The second-order valence-electron chi connectivity index (χ2n) is 4.54. The van der Waals surface area contributed by atoms with E-state index in [1.165, 1.54) is 0 Å². The molecule has 0 rings (SSSR count). The zero-order valence-electron chi connectivity index (χ0n) is 13.0. The predicted molar refractivity (Wildman–Crippen MR) is 76.8 cm³/mol. The van der Waals surface area contributed by atoms with Crippen LogP contribution in [0.1, 0.15) is 25.7 Å². The molecule has 0 aliphatic heterocycles. The minimum absolute atomic E-state index is 0.0321. The zero-order valence-corrected chi connectivity index (χ0v) is 13.0. The van der Waals surface area contributed by atoms with Gasteiger partial charge in [-0.25, -0.2) is 0 Å². The van der Waals surface area contributed by atoms with Crippen molar-refractivity contribution in [2.75, 3.05) is 54.3 Å². The third-order valence-corrected chi connectivity index (χ3v) is 2.78. The topological polar surface area (TPSA) is 66.0 Å². The number of hydrogen-bond acceptors (Lipinski definition) is 5. The minimum atomic E-state index is -0.0321. The molecule has 20 heavy (non-hydrogen) atoms. The molecule has 6 nitrogen and oxygen atoms in total. The molecule has 0 aromatic heterocycles. The SMILES string of the molecule is COCCCCC(=O)NCCCOCC(COC)OC. The summed E-state index contributed by atoms with van der Waals surface area (Å²) in [5.74, 6) is 0.0928. The van der Waals surface area contributed by atoms with Crippen LogP contribution in [0.15, 0.2) is 0 Å². The number of unbranched alkanes of at least 4 members (excludes halogenated alkanes) is 1. The molecule has 0 saturated carbocycles. The highest BCUT2D eigenvalue weighted by Gasteiger charge is 2.06. The van der Waals surface area contributed by atoms with Crippen molar-refractivity contribution in [3.05, 3.63) is 0 Å². The van der Waals surface area contributed by atoms with E-state index < -0.39 is 0 Å². The van der Waals surface area contributed by atoms with Gasteiger partial charge in [-0.05, 0) is 19.3 Å². The molecule has 0 aromatic carbocycles. The Kier molecular flexibility index (Phi) is 14.2. The standard InChI is InChI=1S/C14H29NO5/c1-17-9-5-4-7-14(16)15-8-6-10-20-12-13(19-3)11-18-2/h13H,4-12H2,1-3H3,(H,15,16). The van der Waals surface area contributed by atoms with Crippen molar-refractivity contribution in [1.29, 1.82) is 0 Å². The molecule has 1 amide bonds. The van der Waals surface area contributed by atoms with Crippen molar-refractivity contribution in [2.45, 2.75) is 31.8 Å². The second-order valence-corrected chi connectivity index (χ2v) is 4.54. The molecule has 0 fully saturated rings. The molecule has 1 atom stereocenters. The van der Waals surface area contributed by atoms with Crippen LogP contribution >= 0.6 is 0 Å². The molecular formula is C14H29NO5. The molecule has 0 aliphatic carbocycles. The van der Waals surface area contributed by atoms with Gasteiger partial charge in [-0.1, -0.05) is 0 Å². The number of methoxy groups -OCH3 is 3. The fourth-order valence-electron chi connectivity index (χ4n) is 1.61. The molecule has 1 N–H and O–H groups in total. The highest BCUT2D eigenvalue weighted by Crippen LogP contribution is 1.96. The Morgan fingerprint density at radius 1 is 1.00 bits per heavy atom. The van der Waals surface area contributed by atoms with E-state index >= 15 is 0 Å². The number of carbonyl (C=O) groups is 1. The molecular weight excluding hydrogens is 262 g/mol. The van der Waals surface area contributed by atoms with E-state index in [0.29, 0.717) is 39.4 Å². The fraction of sp³-hybridized carbons (Fsp3) is 0.929. The molecule has 120 valence electrons. The zero-order chi connectivity index (χ0) is 15.1. The summed E-state index contributed by atoms with van der Waals surface area (Å²) in [5, 5.41) is 2.87. The van der Waals surface area contributed by atoms with E-state index in [2.05, 4.69) is 5.32 Å². The lowest BCUT2D eigenvalue weighted by atomic mass is 10.2. The summed E-state index contributed by atoms with van der Waals surface area (Å²) in [4.78, 5) is 11.4. The Labute approximate surface area is 122 Å². The van der Waals surface area contributed by atoms with Gasteiger partial charge in [-0.3, -0.25) is 4.79 Å². The number of amides is 1. The first-order valence-corrected chi connectivity index (χ1v) is 7.09. The van der Waals surface area contributed by atoms with Crippen LogP contribution in [-0.2, 0) is 23.7 Å². The largest absolute Gasteiger partial charge is 0.385 e. The quantitative estimate of drug-likeness (QED) is 0.483. The summed E-state index contributed by atoms with van der Waals surface area (Å²) in [6.45, 7) is 2.99. The lowest BCUT2D eigenvalue weighted by Gasteiger charge is -2.14. The molecule has 0 saturated heterocycles. The Balaban J connectivity index is 3.32. The maximum atomic E-state index is 11.4. The molecule has 0 aliphatic rings. The number of nitrogens with one attached hydrogen (secondary N) is 1. The Morgan fingerprint density at radius 2 is 1.80 bits per heavy atom. The van der Waals surface area contributed by atoms with Gasteiger partial charge < -0.3 is 24.3 Å². The molecule has 0 heterocycles. The Bertz CT molecular complexity index is 226. The van der Waals surface area contributed by atoms with E-state index in [9.17, 15) is 4.79 Å². The highest BCUT2D eigenvalue weighted by atomic mass is 16.5. The number of carbonyl (C=O) groups excluding carboxylic acids is 1. The maximum absolute atomic E-state index is 11.4. The van der Waals surface area contributed by atoms with Crippen LogP contribution in [0.3, 0.4) is 0 Å². The van der Waals surface area contributed by atoms with E-state index in [1.54, 1.807) is 21.3 Å². The Morgan fingerprint density at radius 3 is 2.45 bits per heavy atom. The van der Waals surface area contributed by atoms with Gasteiger partial charge >= 0.3 is 0 Å². The van der Waals surface area contributed by atoms with Gasteiger partial charge in [0.2, 0.25) is 5.91 Å². The summed E-state index contributed by atoms with van der Waals surface area (Å²) < 4.78 is 20.5. The second kappa shape index (κ2) is 14.7. The minimum Gasteiger partial charge on any atom is -0.385 e. The van der Waals surface area contributed by atoms with E-state index in [-0.39, 0.29) is 12.0 Å². The van der Waals surface area contributed by atoms with Gasteiger partial charge in [0.1, 0.15) is 6.10 Å². The first-order valence-electron chi connectivity index (χ1n) is 7.09. The van der Waals surface area contributed by atoms with Gasteiger partial charge in [-0.2, -0.15) is 0 Å². The highest BCUT2D eigenvalue weighted by molar-refractivity contribution is 5.75. The van der Waals surface area contributed by atoms with Gasteiger partial charge in [-0.15, -0.1) is 0 Å². The van der Waals surface area contributed by atoms with Crippen molar-refractivity contribution in [1.82, 2.24) is 5.32 Å². The Hall–Kier alpha value is -0.690. The lowest BCUT2D eigenvalue weighted by Crippen LogP contribution is -2.26. The maximum Gasteiger partial charge on any atom is 0.219 e. The monoisotopic (exact) mass is 291 g/mol. The summed E-state index contributed by atoms with van der Waals surface area (Å²) in [6.07, 6.45) is 3.11. The van der Waals surface area contributed by atoms with Crippen molar-refractivity contribution in [3.63, 3.8) is 0 Å². The first kappa shape index (κ1) is 19.3. The van der Waals surface area contributed by atoms with Gasteiger partial charge in [0, 0.05) is 47.5 Å². The molecule has 0 radical (unpaired) electrons. The van der Waals surface area contributed by atoms with Gasteiger partial charge in [0.05, 0.1) is 13.2 Å². The van der Waals surface area contributed by atoms with Crippen molar-refractivity contribution in [2.24, 2.45) is 0 Å². The van der Waals surface area contributed by atoms with Gasteiger partial charge in [0.25, 0.3) is 0 Å². The molecule has 0 spiro atoms. The molecule has 1 unspecified atom stereocenters. The van der Waals surface area contributed by atoms with Gasteiger partial charge in [0.15, 0.2) is 0 Å². The lowest BCUT2D eigenvalue weighted by molar-refractivity contribution is -0.121. The summed E-state index contributed by atoms with van der Waals surface area (Å²) in [7, 11) is 4.94. The van der Waals surface area contributed by atoms with Crippen LogP contribution in [0.5, 0.6) is 0 Å². The summed E-state index contributed by atoms with van der Waals surface area (Å²) >= 11 is 0. The third-order valence-electron chi connectivity index (χ3n) is 2.78. The van der Waals surface area contributed by atoms with E-state index in [4.69, 9.17) is 18.9 Å². The van der Waals surface area contributed by atoms with E-state index in [1.807, 2.05) is 0 Å². The summed E-state index contributed by atoms with van der Waals surface area (Å²) in [5.41, 5.74) is 0. The molecule has 6 heteroatoms. The first-order chi connectivity index (χ1) is 9.74. The third kappa shape index (κ3) is 12.3. The normalized spacial score (nSPS) is 12.3. The number of ether oxygens (including phenoxy) is 4. The van der Waals surface area contributed by atoms with Crippen molar-refractivity contribution < 1.29 is 23.7 Å². The van der Waals surface area contributed by atoms with Crippen LogP contribution in [0.25, 0.3) is 0 Å². The van der Waals surface area contributed by atoms with Crippen molar-refractivity contribution >= 4 is 5.91 Å². The average Bonchev–Trinajstić information content (AvgIpc) is 2.46. The summed E-state index contributed by atoms with van der Waals surface area (Å²) in [6, 6.07) is 0. The average molecular weight is 291 g/mol. The van der Waals surface area contributed by atoms with Crippen LogP contribution in [0.4, 0.5) is 0 Å². The smallest absolute Gasteiger partial charge is 0.219 e. The van der Waals surface area contributed by atoms with Crippen molar-refractivity contribution in [3.8, 4) is 0 Å². The van der Waals surface area contributed by atoms with Crippen LogP contribution in [-0.4, -0.2) is 66.3 Å². The molecule has 0 bridgehead atoms. The van der Waals surface area contributed by atoms with Crippen LogP contribution in [0.2, 0.25) is 0 Å². The predicted octanol–water partition coefficient (Wildman–Crippen LogP) is 0.987.